The van der Waals surface area contributed by atoms with Gasteiger partial charge in [0.2, 0.25) is 0 Å². The summed E-state index contributed by atoms with van der Waals surface area (Å²) in [5.41, 5.74) is 5.68. The molecular formula is C23H19BrN2O2. The van der Waals surface area contributed by atoms with E-state index in [2.05, 4.69) is 26.5 Å². The number of allylic oxidation sites excluding steroid dienone is 1. The van der Waals surface area contributed by atoms with Crippen LogP contribution < -0.4 is 10.2 Å². The van der Waals surface area contributed by atoms with E-state index in [1.54, 1.807) is 6.08 Å². The van der Waals surface area contributed by atoms with Crippen molar-refractivity contribution < 1.29 is 9.53 Å². The van der Waals surface area contributed by atoms with Crippen LogP contribution in [0.5, 0.6) is 5.75 Å². The van der Waals surface area contributed by atoms with E-state index >= 15 is 0 Å². The summed E-state index contributed by atoms with van der Waals surface area (Å²) >= 11 is 3.49. The molecule has 0 aliphatic carbocycles. The highest BCUT2D eigenvalue weighted by molar-refractivity contribution is 9.10. The largest absolute Gasteiger partial charge is 0.483 e. The molecule has 0 bridgehead atoms. The van der Waals surface area contributed by atoms with Gasteiger partial charge in [0, 0.05) is 6.21 Å². The number of benzene rings is 3. The van der Waals surface area contributed by atoms with E-state index < -0.39 is 0 Å². The topological polar surface area (TPSA) is 50.7 Å². The maximum absolute atomic E-state index is 11.9. The molecule has 0 spiro atoms. The van der Waals surface area contributed by atoms with Gasteiger partial charge in [0.25, 0.3) is 5.91 Å². The Hall–Kier alpha value is -3.18. The van der Waals surface area contributed by atoms with E-state index in [1.165, 1.54) is 6.21 Å². The first-order valence-corrected chi connectivity index (χ1v) is 9.53. The lowest BCUT2D eigenvalue weighted by Gasteiger charge is -2.09. The van der Waals surface area contributed by atoms with Crippen molar-refractivity contribution in [2.45, 2.75) is 0 Å². The zero-order chi connectivity index (χ0) is 19.6. The van der Waals surface area contributed by atoms with Crippen LogP contribution in [0, 0.1) is 0 Å². The molecule has 0 fully saturated rings. The Balaban J connectivity index is 1.48. The molecule has 0 aromatic heterocycles. The molecule has 1 amide bonds. The fourth-order valence-electron chi connectivity index (χ4n) is 2.47. The number of hydrogen-bond donors (Lipinski definition) is 1. The Kier molecular flexibility index (Phi) is 7.15. The number of ether oxygens (including phenoxy) is 1. The van der Waals surface area contributed by atoms with Crippen molar-refractivity contribution in [1.82, 2.24) is 5.43 Å². The minimum absolute atomic E-state index is 0.122. The number of carbonyl (C=O) groups is 1. The first-order chi connectivity index (χ1) is 13.7. The molecule has 0 unspecified atom stereocenters. The number of nitrogens with one attached hydrogen (secondary N) is 1. The van der Waals surface area contributed by atoms with Gasteiger partial charge in [0.1, 0.15) is 5.75 Å². The molecule has 0 saturated carbocycles. The molecule has 140 valence electrons. The van der Waals surface area contributed by atoms with Gasteiger partial charge >= 0.3 is 0 Å². The predicted octanol–water partition coefficient (Wildman–Crippen LogP) is 5.31. The highest BCUT2D eigenvalue weighted by Crippen LogP contribution is 2.30. The minimum Gasteiger partial charge on any atom is -0.483 e. The highest BCUT2D eigenvalue weighted by atomic mass is 79.9. The average molecular weight is 435 g/mol. The highest BCUT2D eigenvalue weighted by Gasteiger charge is 2.07. The van der Waals surface area contributed by atoms with Crippen LogP contribution in [-0.2, 0) is 4.79 Å². The molecule has 28 heavy (non-hydrogen) atoms. The summed E-state index contributed by atoms with van der Waals surface area (Å²) in [5, 5.41) is 3.87. The Labute approximate surface area is 172 Å². The van der Waals surface area contributed by atoms with Crippen molar-refractivity contribution in [3.05, 3.63) is 95.0 Å². The zero-order valence-corrected chi connectivity index (χ0v) is 16.7. The van der Waals surface area contributed by atoms with Gasteiger partial charge in [-0.1, -0.05) is 72.8 Å². The third-order valence-corrected chi connectivity index (χ3v) is 4.46. The number of hydrazone groups is 1. The third-order valence-electron chi connectivity index (χ3n) is 3.84. The van der Waals surface area contributed by atoms with Crippen molar-refractivity contribution in [3.8, 4) is 16.9 Å². The SMILES string of the molecule is O=C(COc1ccc(-c2ccccc2)cc1Br)N/N=C/C=C/c1ccccc1. The van der Waals surface area contributed by atoms with Crippen molar-refractivity contribution in [2.24, 2.45) is 5.10 Å². The van der Waals surface area contributed by atoms with Crippen LogP contribution in [0.4, 0.5) is 0 Å². The van der Waals surface area contributed by atoms with Gasteiger partial charge < -0.3 is 4.74 Å². The average Bonchev–Trinajstić information content (AvgIpc) is 2.74. The lowest BCUT2D eigenvalue weighted by molar-refractivity contribution is -0.123. The molecule has 0 saturated heterocycles. The van der Waals surface area contributed by atoms with E-state index in [0.29, 0.717) is 5.75 Å². The van der Waals surface area contributed by atoms with E-state index in [1.807, 2.05) is 84.9 Å². The van der Waals surface area contributed by atoms with Crippen molar-refractivity contribution in [2.75, 3.05) is 6.61 Å². The summed E-state index contributed by atoms with van der Waals surface area (Å²) in [7, 11) is 0. The van der Waals surface area contributed by atoms with E-state index in [9.17, 15) is 4.79 Å². The molecule has 3 rings (SSSR count). The Morgan fingerprint density at radius 1 is 0.964 bits per heavy atom. The molecule has 4 nitrogen and oxygen atoms in total. The van der Waals surface area contributed by atoms with Crippen molar-refractivity contribution >= 4 is 34.1 Å². The first kappa shape index (κ1) is 19.6. The van der Waals surface area contributed by atoms with Gasteiger partial charge in [-0.25, -0.2) is 5.43 Å². The summed E-state index contributed by atoms with van der Waals surface area (Å²) in [5.74, 6) is 0.270. The number of rotatable bonds is 7. The maximum atomic E-state index is 11.9. The summed E-state index contributed by atoms with van der Waals surface area (Å²) < 4.78 is 6.35. The van der Waals surface area contributed by atoms with Crippen LogP contribution in [-0.4, -0.2) is 18.7 Å². The molecule has 0 aliphatic heterocycles. The Morgan fingerprint density at radius 2 is 1.68 bits per heavy atom. The smallest absolute Gasteiger partial charge is 0.277 e. The van der Waals surface area contributed by atoms with E-state index in [4.69, 9.17) is 4.74 Å². The summed E-state index contributed by atoms with van der Waals surface area (Å²) in [6.07, 6.45) is 5.18. The van der Waals surface area contributed by atoms with Crippen LogP contribution in [0.25, 0.3) is 17.2 Å². The predicted molar refractivity (Wildman–Crippen MR) is 117 cm³/mol. The van der Waals surface area contributed by atoms with E-state index in [-0.39, 0.29) is 12.5 Å². The molecule has 0 atom stereocenters. The molecule has 3 aromatic carbocycles. The molecule has 1 N–H and O–H groups in total. The second kappa shape index (κ2) is 10.2. The second-order valence-electron chi connectivity index (χ2n) is 5.88. The number of halogens is 1. The number of nitrogens with zero attached hydrogens (tertiary/aromatic N) is 1. The van der Waals surface area contributed by atoms with Gasteiger partial charge in [-0.15, -0.1) is 0 Å². The summed E-state index contributed by atoms with van der Waals surface area (Å²) in [4.78, 5) is 11.9. The normalized spacial score (nSPS) is 11.0. The Bertz CT molecular complexity index is 970. The van der Waals surface area contributed by atoms with Gasteiger partial charge in [-0.3, -0.25) is 4.79 Å². The number of amides is 1. The third kappa shape index (κ3) is 5.93. The monoisotopic (exact) mass is 434 g/mol. The molecular weight excluding hydrogens is 416 g/mol. The fraction of sp³-hybridized carbons (Fsp3) is 0.0435. The van der Waals surface area contributed by atoms with Crippen molar-refractivity contribution in [1.29, 1.82) is 0 Å². The maximum Gasteiger partial charge on any atom is 0.277 e. The summed E-state index contributed by atoms with van der Waals surface area (Å²) in [6.45, 7) is -0.122. The molecule has 0 heterocycles. The Morgan fingerprint density at radius 3 is 2.39 bits per heavy atom. The summed E-state index contributed by atoms with van der Waals surface area (Å²) in [6, 6.07) is 25.7. The van der Waals surface area contributed by atoms with Gasteiger partial charge in [-0.2, -0.15) is 5.10 Å². The van der Waals surface area contributed by atoms with Crippen LogP contribution >= 0.6 is 15.9 Å². The van der Waals surface area contributed by atoms with Gasteiger partial charge in [-0.05, 0) is 50.8 Å². The van der Waals surface area contributed by atoms with Crippen LogP contribution in [0.3, 0.4) is 0 Å². The van der Waals surface area contributed by atoms with Crippen LogP contribution in [0.2, 0.25) is 0 Å². The lowest BCUT2D eigenvalue weighted by atomic mass is 10.1. The lowest BCUT2D eigenvalue weighted by Crippen LogP contribution is -2.24. The molecule has 5 heteroatoms. The standard InChI is InChI=1S/C23H19BrN2O2/c24-21-16-20(19-11-5-2-6-12-19)13-14-22(21)28-17-23(27)26-25-15-7-10-18-8-3-1-4-9-18/h1-16H,17H2,(H,26,27)/b10-7+,25-15+. The quantitative estimate of drug-likeness (QED) is 0.404. The minimum atomic E-state index is -0.330. The molecule has 3 aromatic rings. The van der Waals surface area contributed by atoms with Crippen LogP contribution in [0.15, 0.2) is 94.5 Å². The molecule has 0 aliphatic rings. The van der Waals surface area contributed by atoms with E-state index in [0.717, 1.165) is 21.2 Å². The fourth-order valence-corrected chi connectivity index (χ4v) is 2.97. The number of carbonyl (C=O) groups excluding carboxylic acids is 1. The second-order valence-corrected chi connectivity index (χ2v) is 6.74. The zero-order valence-electron chi connectivity index (χ0n) is 15.1. The molecule has 0 radical (unpaired) electrons. The first-order valence-electron chi connectivity index (χ1n) is 8.74. The van der Waals surface area contributed by atoms with Gasteiger partial charge in [0.15, 0.2) is 6.61 Å². The van der Waals surface area contributed by atoms with Crippen molar-refractivity contribution in [3.63, 3.8) is 0 Å². The van der Waals surface area contributed by atoms with Gasteiger partial charge in [0.05, 0.1) is 4.47 Å². The number of hydrogen-bond acceptors (Lipinski definition) is 3. The van der Waals surface area contributed by atoms with Crippen LogP contribution in [0.1, 0.15) is 5.56 Å².